The van der Waals surface area contributed by atoms with Crippen LogP contribution in [0.1, 0.15) is 12.8 Å². The highest BCUT2D eigenvalue weighted by Crippen LogP contribution is 2.36. The monoisotopic (exact) mass is 350 g/mol. The molecular formula is C18H26N2O5. The first-order chi connectivity index (χ1) is 12.0. The molecule has 7 heteroatoms. The zero-order chi connectivity index (χ0) is 18.0. The topological polar surface area (TPSA) is 91.3 Å². The second-order valence-electron chi connectivity index (χ2n) is 6.97. The molecule has 3 rings (SSSR count). The number of anilines is 1. The first-order valence-electron chi connectivity index (χ1n) is 8.60. The van der Waals surface area contributed by atoms with Gasteiger partial charge in [0.15, 0.2) is 0 Å². The molecule has 1 aromatic rings. The van der Waals surface area contributed by atoms with E-state index in [1.807, 2.05) is 0 Å². The van der Waals surface area contributed by atoms with Gasteiger partial charge >= 0.3 is 0 Å². The van der Waals surface area contributed by atoms with Crippen molar-refractivity contribution >= 4 is 11.6 Å². The van der Waals surface area contributed by atoms with Crippen LogP contribution in [-0.4, -0.2) is 67.1 Å². The van der Waals surface area contributed by atoms with Crippen molar-refractivity contribution in [3.8, 4) is 11.5 Å². The standard InChI is InChI=1S/C18H26N2O5/c1-24-14-5-13(6-15(7-14)25-2)19-18(23)10-20-8-11-3-16(21)17(22)4-12(11)9-20/h5-7,11-12,16-17,21-22H,3-4,8-10H2,1-2H3,(H,19,23)/t11-,12+,16-,17-/m0/s1. The van der Waals surface area contributed by atoms with Crippen LogP contribution in [-0.2, 0) is 4.79 Å². The maximum absolute atomic E-state index is 12.4. The molecule has 4 atom stereocenters. The Morgan fingerprint density at radius 1 is 1.08 bits per heavy atom. The lowest BCUT2D eigenvalue weighted by Gasteiger charge is -2.32. The van der Waals surface area contributed by atoms with Crippen LogP contribution < -0.4 is 14.8 Å². The Bertz CT molecular complexity index is 583. The number of hydrogen-bond donors (Lipinski definition) is 3. The number of aliphatic hydroxyl groups is 2. The van der Waals surface area contributed by atoms with Gasteiger partial charge in [-0.3, -0.25) is 9.69 Å². The lowest BCUT2D eigenvalue weighted by molar-refractivity contribution is -0.117. The Morgan fingerprint density at radius 3 is 2.08 bits per heavy atom. The molecule has 7 nitrogen and oxygen atoms in total. The first-order valence-corrected chi connectivity index (χ1v) is 8.60. The van der Waals surface area contributed by atoms with E-state index in [4.69, 9.17) is 9.47 Å². The van der Waals surface area contributed by atoms with Crippen molar-refractivity contribution in [3.05, 3.63) is 18.2 Å². The summed E-state index contributed by atoms with van der Waals surface area (Å²) in [6, 6.07) is 5.24. The molecule has 2 fully saturated rings. The molecule has 1 heterocycles. The molecule has 25 heavy (non-hydrogen) atoms. The van der Waals surface area contributed by atoms with E-state index in [2.05, 4.69) is 10.2 Å². The van der Waals surface area contributed by atoms with Crippen LogP contribution in [0.5, 0.6) is 11.5 Å². The number of carbonyl (C=O) groups excluding carboxylic acids is 1. The van der Waals surface area contributed by atoms with Gasteiger partial charge in [0.05, 0.1) is 33.0 Å². The number of carbonyl (C=O) groups is 1. The zero-order valence-corrected chi connectivity index (χ0v) is 14.6. The predicted molar refractivity (Wildman–Crippen MR) is 92.8 cm³/mol. The SMILES string of the molecule is COc1cc(NC(=O)CN2C[C@H]3C[C@H](O)[C@@H](O)C[C@H]3C2)cc(OC)c1. The number of nitrogens with zero attached hydrogens (tertiary/aromatic N) is 1. The van der Waals surface area contributed by atoms with Crippen molar-refractivity contribution in [2.24, 2.45) is 11.8 Å². The number of aliphatic hydroxyl groups excluding tert-OH is 2. The number of amides is 1. The molecule has 0 radical (unpaired) electrons. The second-order valence-corrected chi connectivity index (χ2v) is 6.97. The Labute approximate surface area is 147 Å². The maximum atomic E-state index is 12.4. The summed E-state index contributed by atoms with van der Waals surface area (Å²) in [5.41, 5.74) is 0.628. The number of ether oxygens (including phenoxy) is 2. The molecule has 1 aliphatic carbocycles. The molecule has 0 unspecified atom stereocenters. The molecule has 0 bridgehead atoms. The number of fused-ring (bicyclic) bond motifs is 1. The summed E-state index contributed by atoms with van der Waals surface area (Å²) >= 11 is 0. The summed E-state index contributed by atoms with van der Waals surface area (Å²) in [5.74, 6) is 1.83. The smallest absolute Gasteiger partial charge is 0.238 e. The minimum Gasteiger partial charge on any atom is -0.497 e. The van der Waals surface area contributed by atoms with Crippen molar-refractivity contribution in [2.45, 2.75) is 25.0 Å². The molecular weight excluding hydrogens is 324 g/mol. The van der Waals surface area contributed by atoms with Gasteiger partial charge in [-0.1, -0.05) is 0 Å². The molecule has 3 N–H and O–H groups in total. The summed E-state index contributed by atoms with van der Waals surface area (Å²) in [6.45, 7) is 1.85. The summed E-state index contributed by atoms with van der Waals surface area (Å²) in [4.78, 5) is 14.5. The van der Waals surface area contributed by atoms with Crippen molar-refractivity contribution in [1.82, 2.24) is 4.90 Å². The molecule has 0 aromatic heterocycles. The van der Waals surface area contributed by atoms with E-state index in [0.29, 0.717) is 48.4 Å². The third-order valence-corrected chi connectivity index (χ3v) is 5.19. The number of likely N-dealkylation sites (tertiary alicyclic amines) is 1. The van der Waals surface area contributed by atoms with Crippen LogP contribution in [0, 0.1) is 11.8 Å². The third kappa shape index (κ3) is 4.23. The molecule has 1 aromatic carbocycles. The van der Waals surface area contributed by atoms with Crippen LogP contribution in [0.15, 0.2) is 18.2 Å². The minimum absolute atomic E-state index is 0.102. The summed E-state index contributed by atoms with van der Waals surface area (Å²) in [5, 5.41) is 22.5. The molecule has 138 valence electrons. The molecule has 1 saturated carbocycles. The summed E-state index contributed by atoms with van der Waals surface area (Å²) < 4.78 is 10.4. The Balaban J connectivity index is 1.57. The van der Waals surface area contributed by atoms with E-state index >= 15 is 0 Å². The van der Waals surface area contributed by atoms with Crippen LogP contribution in [0.4, 0.5) is 5.69 Å². The minimum atomic E-state index is -0.640. The van der Waals surface area contributed by atoms with Crippen molar-refractivity contribution in [3.63, 3.8) is 0 Å². The van der Waals surface area contributed by atoms with Crippen molar-refractivity contribution < 1.29 is 24.5 Å². The Hall–Kier alpha value is -1.83. The number of nitrogens with one attached hydrogen (secondary N) is 1. The highest BCUT2D eigenvalue weighted by atomic mass is 16.5. The van der Waals surface area contributed by atoms with E-state index in [1.165, 1.54) is 0 Å². The highest BCUT2D eigenvalue weighted by Gasteiger charge is 2.41. The molecule has 0 spiro atoms. The van der Waals surface area contributed by atoms with Gasteiger partial charge in [0.2, 0.25) is 5.91 Å². The third-order valence-electron chi connectivity index (χ3n) is 5.19. The zero-order valence-electron chi connectivity index (χ0n) is 14.6. The normalized spacial score (nSPS) is 29.1. The van der Waals surface area contributed by atoms with Gasteiger partial charge in [0.1, 0.15) is 11.5 Å². The van der Waals surface area contributed by atoms with Gasteiger partial charge in [0, 0.05) is 37.0 Å². The maximum Gasteiger partial charge on any atom is 0.238 e. The predicted octanol–water partition coefficient (Wildman–Crippen LogP) is 0.706. The van der Waals surface area contributed by atoms with Gasteiger partial charge in [-0.15, -0.1) is 0 Å². The fourth-order valence-electron chi connectivity index (χ4n) is 3.92. The van der Waals surface area contributed by atoms with Gasteiger partial charge in [-0.05, 0) is 24.7 Å². The fraction of sp³-hybridized carbons (Fsp3) is 0.611. The second kappa shape index (κ2) is 7.59. The van der Waals surface area contributed by atoms with Gasteiger partial charge in [-0.2, -0.15) is 0 Å². The molecule has 1 saturated heterocycles. The van der Waals surface area contributed by atoms with Crippen LogP contribution in [0.25, 0.3) is 0 Å². The largest absolute Gasteiger partial charge is 0.497 e. The lowest BCUT2D eigenvalue weighted by atomic mass is 9.79. The molecule has 2 aliphatic rings. The summed E-state index contributed by atoms with van der Waals surface area (Å²) in [7, 11) is 3.13. The van der Waals surface area contributed by atoms with Crippen molar-refractivity contribution in [2.75, 3.05) is 39.2 Å². The number of benzene rings is 1. The van der Waals surface area contributed by atoms with E-state index in [-0.39, 0.29) is 5.91 Å². The van der Waals surface area contributed by atoms with Gasteiger partial charge in [-0.25, -0.2) is 0 Å². The first kappa shape index (κ1) is 18.0. The quantitative estimate of drug-likeness (QED) is 0.724. The average molecular weight is 350 g/mol. The molecule has 1 aliphatic heterocycles. The lowest BCUT2D eigenvalue weighted by Crippen LogP contribution is -2.38. The van der Waals surface area contributed by atoms with Crippen LogP contribution >= 0.6 is 0 Å². The van der Waals surface area contributed by atoms with E-state index < -0.39 is 12.2 Å². The van der Waals surface area contributed by atoms with Crippen LogP contribution in [0.2, 0.25) is 0 Å². The van der Waals surface area contributed by atoms with E-state index in [1.54, 1.807) is 32.4 Å². The van der Waals surface area contributed by atoms with Crippen molar-refractivity contribution in [1.29, 1.82) is 0 Å². The van der Waals surface area contributed by atoms with Gasteiger partial charge < -0.3 is 25.0 Å². The Morgan fingerprint density at radius 2 is 1.60 bits per heavy atom. The fourth-order valence-corrected chi connectivity index (χ4v) is 3.92. The van der Waals surface area contributed by atoms with E-state index in [0.717, 1.165) is 13.1 Å². The van der Waals surface area contributed by atoms with E-state index in [9.17, 15) is 15.0 Å². The van der Waals surface area contributed by atoms with Crippen LogP contribution in [0.3, 0.4) is 0 Å². The van der Waals surface area contributed by atoms with Gasteiger partial charge in [0.25, 0.3) is 0 Å². The Kier molecular flexibility index (Phi) is 5.46. The number of methoxy groups -OCH3 is 2. The number of rotatable bonds is 5. The number of hydrogen-bond acceptors (Lipinski definition) is 6. The summed E-state index contributed by atoms with van der Waals surface area (Å²) in [6.07, 6.45) is -0.0628. The highest BCUT2D eigenvalue weighted by molar-refractivity contribution is 5.92. The molecule has 1 amide bonds. The average Bonchev–Trinajstić information content (AvgIpc) is 2.95.